The molecule has 1 unspecified atom stereocenters. The molecule has 1 aromatic heterocycles. The highest BCUT2D eigenvalue weighted by Gasteiger charge is 2.25. The normalized spacial score (nSPS) is 16.2. The van der Waals surface area contributed by atoms with Crippen molar-refractivity contribution >= 4 is 32.7 Å². The summed E-state index contributed by atoms with van der Waals surface area (Å²) in [5, 5.41) is 4.41. The molecule has 0 saturated carbocycles. The van der Waals surface area contributed by atoms with Gasteiger partial charge in [-0.3, -0.25) is 4.79 Å². The maximum Gasteiger partial charge on any atom is 0.251 e. The number of carbonyl (C=O) groups is 1. The van der Waals surface area contributed by atoms with Crippen LogP contribution in [0.15, 0.2) is 46.9 Å². The molecule has 0 fully saturated rings. The zero-order valence-electron chi connectivity index (χ0n) is 13.6. The standard InChI is InChI=1S/C21H17BrN2O/c1-2-13-6-8-14(9-7-13)21(25)24-19-5-3-4-16-17-12-15(22)10-11-18(17)23-20(16)19/h1,6-12,19,23H,3-5H2,(H,24,25). The predicted molar refractivity (Wildman–Crippen MR) is 104 cm³/mol. The minimum atomic E-state index is -0.0683. The minimum absolute atomic E-state index is 0.00901. The molecule has 1 amide bonds. The van der Waals surface area contributed by atoms with E-state index in [2.05, 4.69) is 44.3 Å². The molecule has 4 heteroatoms. The van der Waals surface area contributed by atoms with E-state index in [1.54, 1.807) is 24.3 Å². The van der Waals surface area contributed by atoms with E-state index in [1.165, 1.54) is 10.9 Å². The second kappa shape index (κ2) is 6.42. The Labute approximate surface area is 155 Å². The Kier molecular flexibility index (Phi) is 4.10. The maximum atomic E-state index is 12.6. The van der Waals surface area contributed by atoms with Crippen LogP contribution in [-0.4, -0.2) is 10.9 Å². The first-order valence-corrected chi connectivity index (χ1v) is 9.12. The first-order chi connectivity index (χ1) is 12.2. The fourth-order valence-electron chi connectivity index (χ4n) is 3.54. The molecule has 1 aliphatic rings. The zero-order valence-corrected chi connectivity index (χ0v) is 15.2. The number of nitrogens with one attached hydrogen (secondary N) is 2. The molecule has 1 heterocycles. The molecule has 0 bridgehead atoms. The molecular formula is C21H17BrN2O. The summed E-state index contributed by atoms with van der Waals surface area (Å²) in [6, 6.07) is 13.4. The van der Waals surface area contributed by atoms with Crippen LogP contribution in [0.3, 0.4) is 0 Å². The maximum absolute atomic E-state index is 12.6. The molecule has 2 N–H and O–H groups in total. The van der Waals surface area contributed by atoms with E-state index in [1.807, 2.05) is 6.07 Å². The van der Waals surface area contributed by atoms with E-state index in [4.69, 9.17) is 6.42 Å². The van der Waals surface area contributed by atoms with Crippen molar-refractivity contribution in [2.24, 2.45) is 0 Å². The number of fused-ring (bicyclic) bond motifs is 3. The molecule has 0 spiro atoms. The van der Waals surface area contributed by atoms with Crippen molar-refractivity contribution < 1.29 is 4.79 Å². The van der Waals surface area contributed by atoms with Crippen LogP contribution in [0.2, 0.25) is 0 Å². The minimum Gasteiger partial charge on any atom is -0.356 e. The van der Waals surface area contributed by atoms with Gasteiger partial charge in [-0.05, 0) is 67.3 Å². The van der Waals surface area contributed by atoms with Gasteiger partial charge in [0.05, 0.1) is 6.04 Å². The molecule has 0 radical (unpaired) electrons. The topological polar surface area (TPSA) is 44.9 Å². The lowest BCUT2D eigenvalue weighted by Crippen LogP contribution is -2.31. The first-order valence-electron chi connectivity index (χ1n) is 8.33. The largest absolute Gasteiger partial charge is 0.356 e. The highest BCUT2D eigenvalue weighted by Crippen LogP contribution is 2.35. The van der Waals surface area contributed by atoms with Crippen LogP contribution in [0.4, 0.5) is 0 Å². The van der Waals surface area contributed by atoms with Crippen LogP contribution in [0.25, 0.3) is 10.9 Å². The molecule has 25 heavy (non-hydrogen) atoms. The number of carbonyl (C=O) groups excluding carboxylic acids is 1. The van der Waals surface area contributed by atoms with E-state index in [9.17, 15) is 4.79 Å². The monoisotopic (exact) mass is 392 g/mol. The molecule has 0 aliphatic heterocycles. The number of amides is 1. The lowest BCUT2D eigenvalue weighted by molar-refractivity contribution is 0.0932. The summed E-state index contributed by atoms with van der Waals surface area (Å²) in [5.74, 6) is 2.50. The summed E-state index contributed by atoms with van der Waals surface area (Å²) >= 11 is 3.55. The van der Waals surface area contributed by atoms with Gasteiger partial charge >= 0.3 is 0 Å². The molecule has 0 saturated heterocycles. The Morgan fingerprint density at radius 2 is 2.04 bits per heavy atom. The lowest BCUT2D eigenvalue weighted by atomic mass is 9.91. The highest BCUT2D eigenvalue weighted by atomic mass is 79.9. The molecule has 1 atom stereocenters. The average molecular weight is 393 g/mol. The smallest absolute Gasteiger partial charge is 0.251 e. The SMILES string of the molecule is C#Cc1ccc(C(=O)NC2CCCc3c2[nH]c2ccc(Br)cc32)cc1. The number of H-pyrrole nitrogens is 1. The fraction of sp³-hybridized carbons (Fsp3) is 0.190. The molecule has 1 aliphatic carbocycles. The average Bonchev–Trinajstić information content (AvgIpc) is 3.01. The van der Waals surface area contributed by atoms with Crippen LogP contribution < -0.4 is 5.32 Å². The van der Waals surface area contributed by atoms with E-state index >= 15 is 0 Å². The third-order valence-corrected chi connectivity index (χ3v) is 5.28. The lowest BCUT2D eigenvalue weighted by Gasteiger charge is -2.24. The van der Waals surface area contributed by atoms with Gasteiger partial charge < -0.3 is 10.3 Å². The van der Waals surface area contributed by atoms with Crippen LogP contribution in [0, 0.1) is 12.3 Å². The van der Waals surface area contributed by atoms with Gasteiger partial charge in [0, 0.05) is 32.2 Å². The number of hydrogen-bond acceptors (Lipinski definition) is 1. The van der Waals surface area contributed by atoms with Crippen molar-refractivity contribution in [3.05, 3.63) is 69.3 Å². The summed E-state index contributed by atoms with van der Waals surface area (Å²) in [6.07, 6.45) is 8.41. The van der Waals surface area contributed by atoms with Crippen molar-refractivity contribution in [1.29, 1.82) is 0 Å². The summed E-state index contributed by atoms with van der Waals surface area (Å²) in [5.41, 5.74) is 4.97. The Hall–Kier alpha value is -2.51. The third-order valence-electron chi connectivity index (χ3n) is 4.79. The summed E-state index contributed by atoms with van der Waals surface area (Å²) in [6.45, 7) is 0. The number of aryl methyl sites for hydroxylation is 1. The Morgan fingerprint density at radius 3 is 2.80 bits per heavy atom. The molecule has 3 aromatic rings. The number of terminal acetylenes is 1. The van der Waals surface area contributed by atoms with Crippen LogP contribution in [-0.2, 0) is 6.42 Å². The molecule has 124 valence electrons. The van der Waals surface area contributed by atoms with Gasteiger partial charge in [-0.1, -0.05) is 21.9 Å². The van der Waals surface area contributed by atoms with Crippen molar-refractivity contribution in [1.82, 2.24) is 10.3 Å². The number of aromatic nitrogens is 1. The van der Waals surface area contributed by atoms with Crippen molar-refractivity contribution in [2.75, 3.05) is 0 Å². The van der Waals surface area contributed by atoms with Crippen molar-refractivity contribution in [3.63, 3.8) is 0 Å². The van der Waals surface area contributed by atoms with Gasteiger partial charge in [-0.25, -0.2) is 0 Å². The van der Waals surface area contributed by atoms with E-state index in [0.29, 0.717) is 5.56 Å². The van der Waals surface area contributed by atoms with Crippen LogP contribution >= 0.6 is 15.9 Å². The molecule has 4 rings (SSSR count). The number of aromatic amines is 1. The van der Waals surface area contributed by atoms with Gasteiger partial charge in [0.2, 0.25) is 0 Å². The van der Waals surface area contributed by atoms with Gasteiger partial charge in [-0.2, -0.15) is 0 Å². The number of halogens is 1. The summed E-state index contributed by atoms with van der Waals surface area (Å²) in [4.78, 5) is 16.1. The van der Waals surface area contributed by atoms with Crippen molar-refractivity contribution in [2.45, 2.75) is 25.3 Å². The molecule has 3 nitrogen and oxygen atoms in total. The third kappa shape index (κ3) is 2.96. The van der Waals surface area contributed by atoms with E-state index < -0.39 is 0 Å². The Morgan fingerprint density at radius 1 is 1.24 bits per heavy atom. The van der Waals surface area contributed by atoms with Crippen LogP contribution in [0.1, 0.15) is 46.1 Å². The Balaban J connectivity index is 1.63. The predicted octanol–water partition coefficient (Wildman–Crippen LogP) is 4.72. The molecular weight excluding hydrogens is 376 g/mol. The van der Waals surface area contributed by atoms with Gasteiger partial charge in [0.15, 0.2) is 0 Å². The van der Waals surface area contributed by atoms with Gasteiger partial charge in [-0.15, -0.1) is 6.42 Å². The Bertz CT molecular complexity index is 995. The summed E-state index contributed by atoms with van der Waals surface area (Å²) in [7, 11) is 0. The second-order valence-corrected chi connectivity index (χ2v) is 7.26. The second-order valence-electron chi connectivity index (χ2n) is 6.35. The van der Waals surface area contributed by atoms with E-state index in [0.717, 1.165) is 40.5 Å². The number of benzene rings is 2. The van der Waals surface area contributed by atoms with Crippen molar-refractivity contribution in [3.8, 4) is 12.3 Å². The van der Waals surface area contributed by atoms with E-state index in [-0.39, 0.29) is 11.9 Å². The highest BCUT2D eigenvalue weighted by molar-refractivity contribution is 9.10. The van der Waals surface area contributed by atoms with Crippen LogP contribution in [0.5, 0.6) is 0 Å². The summed E-state index contributed by atoms with van der Waals surface area (Å²) < 4.78 is 1.07. The van der Waals surface area contributed by atoms with Gasteiger partial charge in [0.1, 0.15) is 0 Å². The van der Waals surface area contributed by atoms with Gasteiger partial charge in [0.25, 0.3) is 5.91 Å². The first kappa shape index (κ1) is 16.0. The number of rotatable bonds is 2. The quantitative estimate of drug-likeness (QED) is 0.608. The fourth-order valence-corrected chi connectivity index (χ4v) is 3.90. The molecule has 2 aromatic carbocycles. The zero-order chi connectivity index (χ0) is 17.4. The number of hydrogen-bond donors (Lipinski definition) is 2.